The summed E-state index contributed by atoms with van der Waals surface area (Å²) in [5, 5.41) is 2.95. The van der Waals surface area contributed by atoms with Crippen LogP contribution in [-0.2, 0) is 11.3 Å². The Balaban J connectivity index is 1.30. The number of urea groups is 1. The van der Waals surface area contributed by atoms with Crippen molar-refractivity contribution in [3.63, 3.8) is 0 Å². The molecule has 2 aromatic rings. The van der Waals surface area contributed by atoms with E-state index in [0.717, 1.165) is 38.0 Å². The molecule has 2 fully saturated rings. The SMILES string of the molecule is CN(C)c1ccc(/C=C/CN2CCC(C3(C)NC(=O)N(Cc4ccc(F)cc4)C3=O)CC2)cc1. The van der Waals surface area contributed by atoms with E-state index in [1.54, 1.807) is 12.1 Å². The molecule has 4 rings (SSSR count). The van der Waals surface area contributed by atoms with E-state index in [2.05, 4.69) is 51.5 Å². The van der Waals surface area contributed by atoms with Gasteiger partial charge in [-0.3, -0.25) is 14.6 Å². The van der Waals surface area contributed by atoms with Crippen LogP contribution in [0.15, 0.2) is 54.6 Å². The number of benzene rings is 2. The van der Waals surface area contributed by atoms with Crippen molar-refractivity contribution in [2.45, 2.75) is 31.8 Å². The van der Waals surface area contributed by atoms with Gasteiger partial charge in [0.05, 0.1) is 6.54 Å². The van der Waals surface area contributed by atoms with Crippen LogP contribution >= 0.6 is 0 Å². The maximum Gasteiger partial charge on any atom is 0.325 e. The van der Waals surface area contributed by atoms with Crippen LogP contribution in [0, 0.1) is 11.7 Å². The lowest BCUT2D eigenvalue weighted by Crippen LogP contribution is -2.53. The topological polar surface area (TPSA) is 55.9 Å². The number of anilines is 1. The van der Waals surface area contributed by atoms with Crippen molar-refractivity contribution in [3.05, 3.63) is 71.6 Å². The first kappa shape index (κ1) is 24.0. The predicted octanol–water partition coefficient (Wildman–Crippen LogP) is 4.13. The van der Waals surface area contributed by atoms with E-state index >= 15 is 0 Å². The summed E-state index contributed by atoms with van der Waals surface area (Å²) in [7, 11) is 4.06. The molecule has 1 atom stereocenters. The molecule has 2 heterocycles. The molecule has 0 spiro atoms. The van der Waals surface area contributed by atoms with E-state index in [0.29, 0.717) is 0 Å². The van der Waals surface area contributed by atoms with Gasteiger partial charge in [0.25, 0.3) is 5.91 Å². The summed E-state index contributed by atoms with van der Waals surface area (Å²) in [6.45, 7) is 4.61. The molecule has 6 nitrogen and oxygen atoms in total. The number of nitrogens with one attached hydrogen (secondary N) is 1. The Kier molecular flexibility index (Phi) is 7.03. The number of likely N-dealkylation sites (tertiary alicyclic amines) is 1. The minimum atomic E-state index is -0.896. The van der Waals surface area contributed by atoms with Crippen LogP contribution in [-0.4, -0.2) is 61.0 Å². The summed E-state index contributed by atoms with van der Waals surface area (Å²) in [6.07, 6.45) is 6.01. The highest BCUT2D eigenvalue weighted by molar-refractivity contribution is 6.06. The molecule has 1 unspecified atom stereocenters. The number of imide groups is 1. The van der Waals surface area contributed by atoms with Gasteiger partial charge in [-0.25, -0.2) is 9.18 Å². The van der Waals surface area contributed by atoms with Crippen molar-refractivity contribution in [3.8, 4) is 0 Å². The standard InChI is InChI=1S/C27H33FN4O2/c1-27(25(33)32(26(34)29-27)19-21-6-10-23(28)11-7-21)22-14-17-31(18-15-22)16-4-5-20-8-12-24(13-9-20)30(2)3/h4-13,22H,14-19H2,1-3H3,(H,29,34)/b5-4+. The van der Waals surface area contributed by atoms with Crippen LogP contribution in [0.25, 0.3) is 6.08 Å². The van der Waals surface area contributed by atoms with Gasteiger partial charge in [0.2, 0.25) is 0 Å². The van der Waals surface area contributed by atoms with Crippen molar-refractivity contribution in [1.82, 2.24) is 15.1 Å². The Morgan fingerprint density at radius 1 is 1.06 bits per heavy atom. The van der Waals surface area contributed by atoms with Crippen LogP contribution in [0.4, 0.5) is 14.9 Å². The number of carbonyl (C=O) groups is 2. The smallest absolute Gasteiger partial charge is 0.325 e. The average Bonchev–Trinajstić information content (AvgIpc) is 3.05. The second-order valence-corrected chi connectivity index (χ2v) is 9.61. The third kappa shape index (κ3) is 5.14. The van der Waals surface area contributed by atoms with Crippen LogP contribution in [0.3, 0.4) is 0 Å². The lowest BCUT2D eigenvalue weighted by molar-refractivity contribution is -0.133. The highest BCUT2D eigenvalue weighted by atomic mass is 19.1. The van der Waals surface area contributed by atoms with E-state index in [9.17, 15) is 14.0 Å². The van der Waals surface area contributed by atoms with E-state index in [1.807, 2.05) is 21.0 Å². The summed E-state index contributed by atoms with van der Waals surface area (Å²) in [6, 6.07) is 14.0. The number of piperidine rings is 1. The second kappa shape index (κ2) is 9.97. The highest BCUT2D eigenvalue weighted by Crippen LogP contribution is 2.34. The summed E-state index contributed by atoms with van der Waals surface area (Å²) in [4.78, 5) is 31.5. The number of amides is 3. The first-order chi connectivity index (χ1) is 16.3. The van der Waals surface area contributed by atoms with Crippen LogP contribution in [0.5, 0.6) is 0 Å². The van der Waals surface area contributed by atoms with E-state index in [-0.39, 0.29) is 30.2 Å². The Labute approximate surface area is 201 Å². The molecule has 180 valence electrons. The number of hydrogen-bond donors (Lipinski definition) is 1. The molecule has 2 aromatic carbocycles. The van der Waals surface area contributed by atoms with Gasteiger partial charge < -0.3 is 10.2 Å². The van der Waals surface area contributed by atoms with Gasteiger partial charge >= 0.3 is 6.03 Å². The van der Waals surface area contributed by atoms with Crippen molar-refractivity contribution in [1.29, 1.82) is 0 Å². The molecule has 2 saturated heterocycles. The third-order valence-corrected chi connectivity index (χ3v) is 7.04. The van der Waals surface area contributed by atoms with E-state index in [1.165, 1.54) is 28.3 Å². The van der Waals surface area contributed by atoms with Crippen LogP contribution in [0.2, 0.25) is 0 Å². The maximum atomic E-state index is 13.2. The summed E-state index contributed by atoms with van der Waals surface area (Å²) < 4.78 is 13.2. The molecule has 1 N–H and O–H groups in total. The molecule has 0 aromatic heterocycles. The molecular weight excluding hydrogens is 431 g/mol. The van der Waals surface area contributed by atoms with Gasteiger partial charge in [0, 0.05) is 26.3 Å². The molecular formula is C27H33FN4O2. The van der Waals surface area contributed by atoms with Crippen molar-refractivity contribution in [2.24, 2.45) is 5.92 Å². The molecule has 0 saturated carbocycles. The average molecular weight is 465 g/mol. The van der Waals surface area contributed by atoms with Gasteiger partial charge in [-0.15, -0.1) is 0 Å². The second-order valence-electron chi connectivity index (χ2n) is 9.61. The summed E-state index contributed by atoms with van der Waals surface area (Å²) in [5.74, 6) is -0.447. The highest BCUT2D eigenvalue weighted by Gasteiger charge is 2.52. The first-order valence-electron chi connectivity index (χ1n) is 11.8. The fourth-order valence-electron chi connectivity index (χ4n) is 4.82. The van der Waals surface area contributed by atoms with Gasteiger partial charge in [-0.2, -0.15) is 0 Å². The minimum Gasteiger partial charge on any atom is -0.378 e. The molecule has 3 amide bonds. The molecule has 2 aliphatic rings. The number of carbonyl (C=O) groups excluding carboxylic acids is 2. The van der Waals surface area contributed by atoms with Crippen molar-refractivity contribution in [2.75, 3.05) is 38.6 Å². The molecule has 2 aliphatic heterocycles. The van der Waals surface area contributed by atoms with Gasteiger partial charge in [-0.05, 0) is 74.2 Å². The molecule has 0 aliphatic carbocycles. The largest absolute Gasteiger partial charge is 0.378 e. The third-order valence-electron chi connectivity index (χ3n) is 7.04. The number of halogens is 1. The zero-order valence-corrected chi connectivity index (χ0v) is 20.1. The van der Waals surface area contributed by atoms with Crippen molar-refractivity contribution < 1.29 is 14.0 Å². The monoisotopic (exact) mass is 464 g/mol. The first-order valence-corrected chi connectivity index (χ1v) is 11.8. The fourth-order valence-corrected chi connectivity index (χ4v) is 4.82. The minimum absolute atomic E-state index is 0.0842. The number of hydrogen-bond acceptors (Lipinski definition) is 4. The molecule has 0 bridgehead atoms. The summed E-state index contributed by atoms with van der Waals surface area (Å²) in [5.41, 5.74) is 2.19. The molecule has 7 heteroatoms. The van der Waals surface area contributed by atoms with Gasteiger partial charge in [0.1, 0.15) is 11.4 Å². The zero-order valence-electron chi connectivity index (χ0n) is 20.1. The summed E-state index contributed by atoms with van der Waals surface area (Å²) >= 11 is 0. The lowest BCUT2D eigenvalue weighted by Gasteiger charge is -2.38. The Hall–Kier alpha value is -3.19. The quantitative estimate of drug-likeness (QED) is 0.626. The number of nitrogens with zero attached hydrogens (tertiary/aromatic N) is 3. The van der Waals surface area contributed by atoms with Gasteiger partial charge in [-0.1, -0.05) is 36.4 Å². The zero-order chi connectivity index (χ0) is 24.3. The normalized spacial score (nSPS) is 21.9. The molecule has 34 heavy (non-hydrogen) atoms. The molecule has 0 radical (unpaired) electrons. The van der Waals surface area contributed by atoms with E-state index in [4.69, 9.17) is 0 Å². The van der Waals surface area contributed by atoms with Crippen LogP contribution < -0.4 is 10.2 Å². The predicted molar refractivity (Wildman–Crippen MR) is 133 cm³/mol. The Morgan fingerprint density at radius 3 is 2.32 bits per heavy atom. The maximum absolute atomic E-state index is 13.2. The Bertz CT molecular complexity index is 1040. The van der Waals surface area contributed by atoms with Crippen molar-refractivity contribution >= 4 is 23.7 Å². The lowest BCUT2D eigenvalue weighted by atomic mass is 9.79. The van der Waals surface area contributed by atoms with Crippen LogP contribution in [0.1, 0.15) is 30.9 Å². The Morgan fingerprint density at radius 2 is 1.71 bits per heavy atom. The van der Waals surface area contributed by atoms with E-state index < -0.39 is 5.54 Å². The fraction of sp³-hybridized carbons (Fsp3) is 0.407. The van der Waals surface area contributed by atoms with Gasteiger partial charge in [0.15, 0.2) is 0 Å². The number of rotatable bonds is 7.